The Hall–Kier alpha value is -1.51. The van der Waals surface area contributed by atoms with Gasteiger partial charge in [-0.3, -0.25) is 4.79 Å². The van der Waals surface area contributed by atoms with Crippen molar-refractivity contribution in [2.24, 2.45) is 11.8 Å². The van der Waals surface area contributed by atoms with Crippen LogP contribution >= 0.6 is 0 Å². The molecule has 3 heteroatoms. The SMILES string of the molecule is CC1CC(C)C(C)N(C(=O)[C@@H]2Cc3ccccc3N2)C1. The molecule has 1 N–H and O–H groups in total. The molecule has 4 atom stereocenters. The predicted molar refractivity (Wildman–Crippen MR) is 81.7 cm³/mol. The first-order chi connectivity index (χ1) is 9.56. The smallest absolute Gasteiger partial charge is 0.245 e. The molecule has 2 aliphatic heterocycles. The zero-order chi connectivity index (χ0) is 14.3. The summed E-state index contributed by atoms with van der Waals surface area (Å²) in [6.07, 6.45) is 2.05. The third-order valence-corrected chi connectivity index (χ3v) is 4.95. The molecular weight excluding hydrogens is 248 g/mol. The third kappa shape index (κ3) is 2.30. The first kappa shape index (κ1) is 13.5. The van der Waals surface area contributed by atoms with E-state index in [0.29, 0.717) is 17.9 Å². The second kappa shape index (κ2) is 5.12. The fourth-order valence-corrected chi connectivity index (χ4v) is 3.65. The fraction of sp³-hybridized carbons (Fsp3) is 0.588. The summed E-state index contributed by atoms with van der Waals surface area (Å²) < 4.78 is 0. The minimum Gasteiger partial charge on any atom is -0.373 e. The minimum absolute atomic E-state index is 0.0765. The highest BCUT2D eigenvalue weighted by Crippen LogP contribution is 2.30. The van der Waals surface area contributed by atoms with Crippen LogP contribution in [0.5, 0.6) is 0 Å². The van der Waals surface area contributed by atoms with Crippen molar-refractivity contribution in [3.05, 3.63) is 29.8 Å². The zero-order valence-electron chi connectivity index (χ0n) is 12.6. The van der Waals surface area contributed by atoms with E-state index >= 15 is 0 Å². The molecule has 1 amide bonds. The summed E-state index contributed by atoms with van der Waals surface area (Å²) in [7, 11) is 0. The Morgan fingerprint density at radius 3 is 2.75 bits per heavy atom. The van der Waals surface area contributed by atoms with Crippen LogP contribution in [0.2, 0.25) is 0 Å². The summed E-state index contributed by atoms with van der Waals surface area (Å²) >= 11 is 0. The highest BCUT2D eigenvalue weighted by Gasteiger charge is 2.37. The van der Waals surface area contributed by atoms with E-state index in [4.69, 9.17) is 0 Å². The van der Waals surface area contributed by atoms with Crippen LogP contribution in [-0.2, 0) is 11.2 Å². The maximum absolute atomic E-state index is 12.8. The number of benzene rings is 1. The van der Waals surface area contributed by atoms with E-state index < -0.39 is 0 Å². The summed E-state index contributed by atoms with van der Waals surface area (Å²) in [4.78, 5) is 14.9. The number of rotatable bonds is 1. The minimum atomic E-state index is -0.0765. The van der Waals surface area contributed by atoms with Gasteiger partial charge in [-0.05, 0) is 36.8 Å². The van der Waals surface area contributed by atoms with Crippen LogP contribution < -0.4 is 5.32 Å². The van der Waals surface area contributed by atoms with Gasteiger partial charge < -0.3 is 10.2 Å². The van der Waals surface area contributed by atoms with E-state index in [0.717, 1.165) is 18.7 Å². The van der Waals surface area contributed by atoms with Gasteiger partial charge in [0.25, 0.3) is 0 Å². The van der Waals surface area contributed by atoms with Crippen molar-refractivity contribution in [1.29, 1.82) is 0 Å². The Labute approximate surface area is 121 Å². The van der Waals surface area contributed by atoms with E-state index in [1.807, 2.05) is 12.1 Å². The largest absolute Gasteiger partial charge is 0.373 e. The number of piperidine rings is 1. The van der Waals surface area contributed by atoms with Crippen LogP contribution in [0, 0.1) is 11.8 Å². The van der Waals surface area contributed by atoms with E-state index in [9.17, 15) is 4.79 Å². The molecule has 3 nitrogen and oxygen atoms in total. The average molecular weight is 272 g/mol. The highest BCUT2D eigenvalue weighted by molar-refractivity contribution is 5.87. The molecule has 108 valence electrons. The first-order valence-corrected chi connectivity index (χ1v) is 7.71. The van der Waals surface area contributed by atoms with Crippen LogP contribution in [0.25, 0.3) is 0 Å². The second-order valence-electron chi connectivity index (χ2n) is 6.61. The molecule has 2 heterocycles. The van der Waals surface area contributed by atoms with E-state index in [2.05, 4.69) is 43.1 Å². The first-order valence-electron chi connectivity index (χ1n) is 7.71. The lowest BCUT2D eigenvalue weighted by Gasteiger charge is -2.42. The molecule has 1 aromatic carbocycles. The van der Waals surface area contributed by atoms with E-state index in [-0.39, 0.29) is 11.9 Å². The Bertz CT molecular complexity index is 488. The maximum atomic E-state index is 12.8. The van der Waals surface area contributed by atoms with Crippen LogP contribution in [0.3, 0.4) is 0 Å². The number of carbonyl (C=O) groups is 1. The van der Waals surface area contributed by atoms with Gasteiger partial charge in [-0.15, -0.1) is 0 Å². The molecular formula is C17H24N2O. The number of fused-ring (bicyclic) bond motifs is 1. The molecule has 0 spiro atoms. The van der Waals surface area contributed by atoms with Gasteiger partial charge in [0.05, 0.1) is 0 Å². The Morgan fingerprint density at radius 2 is 2.00 bits per heavy atom. The Balaban J connectivity index is 1.74. The number of amides is 1. The van der Waals surface area contributed by atoms with Gasteiger partial charge in [-0.1, -0.05) is 32.0 Å². The summed E-state index contributed by atoms with van der Waals surface area (Å²) in [5.41, 5.74) is 2.38. The van der Waals surface area contributed by atoms with E-state index in [1.54, 1.807) is 0 Å². The summed E-state index contributed by atoms with van der Waals surface area (Å²) in [5, 5.41) is 3.39. The highest BCUT2D eigenvalue weighted by atomic mass is 16.2. The number of hydrogen-bond donors (Lipinski definition) is 1. The lowest BCUT2D eigenvalue weighted by molar-refractivity contribution is -0.137. The van der Waals surface area contributed by atoms with Gasteiger partial charge in [0.1, 0.15) is 6.04 Å². The summed E-state index contributed by atoms with van der Waals surface area (Å²) in [5.74, 6) is 1.47. The molecule has 0 bridgehead atoms. The number of para-hydroxylation sites is 1. The van der Waals surface area contributed by atoms with Gasteiger partial charge in [0, 0.05) is 24.7 Å². The quantitative estimate of drug-likeness (QED) is 0.852. The molecule has 0 saturated carbocycles. The van der Waals surface area contributed by atoms with Crippen molar-refractivity contribution in [2.75, 3.05) is 11.9 Å². The molecule has 0 radical (unpaired) electrons. The number of anilines is 1. The second-order valence-corrected chi connectivity index (χ2v) is 6.61. The number of likely N-dealkylation sites (tertiary alicyclic amines) is 1. The van der Waals surface area contributed by atoms with Crippen molar-refractivity contribution >= 4 is 11.6 Å². The predicted octanol–water partition coefficient (Wildman–Crippen LogP) is 2.92. The zero-order valence-corrected chi connectivity index (χ0v) is 12.6. The normalized spacial score (nSPS) is 32.6. The van der Waals surface area contributed by atoms with Crippen LogP contribution in [-0.4, -0.2) is 29.4 Å². The van der Waals surface area contributed by atoms with Gasteiger partial charge >= 0.3 is 0 Å². The Kier molecular flexibility index (Phi) is 3.45. The van der Waals surface area contributed by atoms with Gasteiger partial charge in [0.15, 0.2) is 0 Å². The number of nitrogens with zero attached hydrogens (tertiary/aromatic N) is 1. The van der Waals surface area contributed by atoms with Crippen molar-refractivity contribution in [3.8, 4) is 0 Å². The molecule has 1 saturated heterocycles. The summed E-state index contributed by atoms with van der Waals surface area (Å²) in [6, 6.07) is 8.51. The molecule has 20 heavy (non-hydrogen) atoms. The van der Waals surface area contributed by atoms with Crippen LogP contribution in [0.1, 0.15) is 32.8 Å². The van der Waals surface area contributed by atoms with Crippen molar-refractivity contribution in [3.63, 3.8) is 0 Å². The van der Waals surface area contributed by atoms with Gasteiger partial charge in [-0.25, -0.2) is 0 Å². The maximum Gasteiger partial charge on any atom is 0.245 e. The molecule has 3 rings (SSSR count). The molecule has 2 aliphatic rings. The average Bonchev–Trinajstić information content (AvgIpc) is 2.86. The molecule has 1 aromatic rings. The molecule has 0 aromatic heterocycles. The van der Waals surface area contributed by atoms with Crippen molar-refractivity contribution < 1.29 is 4.79 Å². The third-order valence-electron chi connectivity index (χ3n) is 4.95. The van der Waals surface area contributed by atoms with Crippen LogP contribution in [0.4, 0.5) is 5.69 Å². The van der Waals surface area contributed by atoms with Gasteiger partial charge in [-0.2, -0.15) is 0 Å². The van der Waals surface area contributed by atoms with E-state index in [1.165, 1.54) is 12.0 Å². The van der Waals surface area contributed by atoms with Crippen molar-refractivity contribution in [1.82, 2.24) is 4.90 Å². The fourth-order valence-electron chi connectivity index (χ4n) is 3.65. The summed E-state index contributed by atoms with van der Waals surface area (Å²) in [6.45, 7) is 7.60. The molecule has 1 fully saturated rings. The number of carbonyl (C=O) groups excluding carboxylic acids is 1. The lowest BCUT2D eigenvalue weighted by Crippen LogP contribution is -2.53. The van der Waals surface area contributed by atoms with Gasteiger partial charge in [0.2, 0.25) is 5.91 Å². The standard InChI is InChI=1S/C17H24N2O/c1-11-8-12(2)13(3)19(10-11)17(20)16-9-14-6-4-5-7-15(14)18-16/h4-7,11-13,16,18H,8-10H2,1-3H3/t11?,12?,13?,16-/m0/s1. The number of hydrogen-bond acceptors (Lipinski definition) is 2. The molecule has 0 aliphatic carbocycles. The van der Waals surface area contributed by atoms with Crippen molar-refractivity contribution in [2.45, 2.75) is 45.7 Å². The topological polar surface area (TPSA) is 32.3 Å². The number of nitrogens with one attached hydrogen (secondary N) is 1. The lowest BCUT2D eigenvalue weighted by atomic mass is 9.85. The molecule has 3 unspecified atom stereocenters. The Morgan fingerprint density at radius 1 is 1.25 bits per heavy atom. The van der Waals surface area contributed by atoms with Crippen LogP contribution in [0.15, 0.2) is 24.3 Å². The monoisotopic (exact) mass is 272 g/mol.